The second kappa shape index (κ2) is 9.63. The minimum absolute atomic E-state index is 0.0307. The zero-order valence-corrected chi connectivity index (χ0v) is 17.6. The van der Waals surface area contributed by atoms with Gasteiger partial charge in [0.25, 0.3) is 11.7 Å². The van der Waals surface area contributed by atoms with E-state index in [9.17, 15) is 14.7 Å². The van der Waals surface area contributed by atoms with Crippen LogP contribution in [0, 0.1) is 0 Å². The van der Waals surface area contributed by atoms with Crippen molar-refractivity contribution in [2.24, 2.45) is 0 Å². The fourth-order valence-electron chi connectivity index (χ4n) is 3.70. The summed E-state index contributed by atoms with van der Waals surface area (Å²) in [6.07, 6.45) is 1.50. The molecule has 1 N–H and O–H groups in total. The number of nitrogens with zero attached hydrogens (tertiary/aromatic N) is 2. The molecule has 7 heteroatoms. The van der Waals surface area contributed by atoms with Crippen LogP contribution in [0.5, 0.6) is 5.75 Å². The van der Waals surface area contributed by atoms with Gasteiger partial charge in [0.1, 0.15) is 23.3 Å². The van der Waals surface area contributed by atoms with Gasteiger partial charge in [-0.25, -0.2) is 0 Å². The Morgan fingerprint density at radius 1 is 1.17 bits per heavy atom. The van der Waals surface area contributed by atoms with Crippen LogP contribution in [0.1, 0.15) is 38.1 Å². The Kier molecular flexibility index (Phi) is 6.95. The molecule has 1 atom stereocenters. The highest BCUT2D eigenvalue weighted by atomic mass is 16.5. The number of likely N-dealkylation sites (N-methyl/N-ethyl adjacent to an activating group) is 1. The molecule has 0 spiro atoms. The van der Waals surface area contributed by atoms with Crippen LogP contribution in [0.3, 0.4) is 0 Å². The lowest BCUT2D eigenvalue weighted by molar-refractivity contribution is -0.140. The second-order valence-electron chi connectivity index (χ2n) is 7.00. The van der Waals surface area contributed by atoms with Crippen LogP contribution in [0.15, 0.2) is 52.7 Å². The summed E-state index contributed by atoms with van der Waals surface area (Å²) in [5.41, 5.74) is 0.447. The molecular weight excluding hydrogens is 384 g/mol. The molecule has 30 heavy (non-hydrogen) atoms. The summed E-state index contributed by atoms with van der Waals surface area (Å²) < 4.78 is 11.0. The van der Waals surface area contributed by atoms with E-state index in [2.05, 4.69) is 4.90 Å². The quantitative estimate of drug-likeness (QED) is 0.386. The molecule has 1 unspecified atom stereocenters. The average molecular weight is 412 g/mol. The van der Waals surface area contributed by atoms with E-state index in [0.29, 0.717) is 36.8 Å². The first-order valence-electron chi connectivity index (χ1n) is 10.3. The molecule has 0 radical (unpaired) electrons. The number of rotatable bonds is 9. The Hall–Kier alpha value is -3.06. The smallest absolute Gasteiger partial charge is 0.295 e. The van der Waals surface area contributed by atoms with E-state index in [0.717, 1.165) is 13.1 Å². The van der Waals surface area contributed by atoms with Crippen molar-refractivity contribution in [3.8, 4) is 5.75 Å². The maximum atomic E-state index is 12.9. The molecule has 7 nitrogen and oxygen atoms in total. The Balaban J connectivity index is 2.03. The number of aliphatic hydroxyl groups excluding tert-OH is 1. The zero-order valence-electron chi connectivity index (χ0n) is 17.6. The van der Waals surface area contributed by atoms with Crippen LogP contribution in [0.2, 0.25) is 0 Å². The fourth-order valence-corrected chi connectivity index (χ4v) is 3.70. The highest BCUT2D eigenvalue weighted by Gasteiger charge is 2.47. The molecule has 0 bridgehead atoms. The second-order valence-corrected chi connectivity index (χ2v) is 7.00. The van der Waals surface area contributed by atoms with Crippen LogP contribution in [0.25, 0.3) is 5.76 Å². The molecule has 3 rings (SSSR count). The van der Waals surface area contributed by atoms with E-state index in [1.165, 1.54) is 11.2 Å². The monoisotopic (exact) mass is 412 g/mol. The van der Waals surface area contributed by atoms with Crippen molar-refractivity contribution in [3.63, 3.8) is 0 Å². The van der Waals surface area contributed by atoms with Gasteiger partial charge in [-0.05, 0) is 44.3 Å². The molecule has 1 amide bonds. The minimum atomic E-state index is -0.772. The molecule has 1 fully saturated rings. The Labute approximate surface area is 176 Å². The van der Waals surface area contributed by atoms with E-state index >= 15 is 0 Å². The Morgan fingerprint density at radius 3 is 2.57 bits per heavy atom. The van der Waals surface area contributed by atoms with Gasteiger partial charge in [0, 0.05) is 18.7 Å². The number of likely N-dealkylation sites (tertiary alicyclic amines) is 1. The zero-order chi connectivity index (χ0) is 21.7. The standard InChI is InChI=1S/C23H28N2O5/c1-4-24(5-2)12-13-25-20(18-11-8-14-30-18)19(22(27)23(25)28)21(26)16-9-7-10-17(15-16)29-6-3/h7-11,14-15,20,26H,4-6,12-13H2,1-3H3. The lowest BCUT2D eigenvalue weighted by Crippen LogP contribution is -2.37. The van der Waals surface area contributed by atoms with Crippen molar-refractivity contribution < 1.29 is 23.8 Å². The van der Waals surface area contributed by atoms with Crippen molar-refractivity contribution in [1.29, 1.82) is 0 Å². The summed E-state index contributed by atoms with van der Waals surface area (Å²) in [6.45, 7) is 9.10. The molecule has 0 saturated carbocycles. The molecule has 2 aromatic rings. The molecule has 1 aromatic carbocycles. The number of amides is 1. The topological polar surface area (TPSA) is 83.2 Å². The number of ether oxygens (including phenoxy) is 1. The molecular formula is C23H28N2O5. The van der Waals surface area contributed by atoms with Gasteiger partial charge >= 0.3 is 0 Å². The van der Waals surface area contributed by atoms with E-state index in [-0.39, 0.29) is 11.3 Å². The van der Waals surface area contributed by atoms with Crippen LogP contribution in [-0.4, -0.2) is 59.4 Å². The average Bonchev–Trinajstić information content (AvgIpc) is 3.37. The van der Waals surface area contributed by atoms with Gasteiger partial charge in [0.2, 0.25) is 0 Å². The first-order chi connectivity index (χ1) is 14.5. The number of carbonyl (C=O) groups excluding carboxylic acids is 2. The van der Waals surface area contributed by atoms with Gasteiger partial charge in [-0.3, -0.25) is 9.59 Å². The van der Waals surface area contributed by atoms with E-state index in [1.807, 2.05) is 20.8 Å². The van der Waals surface area contributed by atoms with Gasteiger partial charge in [-0.15, -0.1) is 0 Å². The van der Waals surface area contributed by atoms with Crippen LogP contribution in [0.4, 0.5) is 0 Å². The molecule has 160 valence electrons. The van der Waals surface area contributed by atoms with Crippen molar-refractivity contribution in [2.75, 3.05) is 32.8 Å². The maximum absolute atomic E-state index is 12.9. The third kappa shape index (κ3) is 4.26. The predicted molar refractivity (Wildman–Crippen MR) is 113 cm³/mol. The Bertz CT molecular complexity index is 915. The molecule has 2 heterocycles. The number of ketones is 1. The molecule has 1 saturated heterocycles. The SMILES string of the molecule is CCOc1cccc(C(O)=C2C(=O)C(=O)N(CCN(CC)CC)C2c2ccco2)c1. The molecule has 1 aromatic heterocycles. The first kappa shape index (κ1) is 21.6. The van der Waals surface area contributed by atoms with Crippen LogP contribution >= 0.6 is 0 Å². The van der Waals surface area contributed by atoms with Gasteiger partial charge < -0.3 is 24.1 Å². The van der Waals surface area contributed by atoms with Gasteiger partial charge in [-0.2, -0.15) is 0 Å². The molecule has 0 aliphatic carbocycles. The number of hydrogen-bond acceptors (Lipinski definition) is 6. The van der Waals surface area contributed by atoms with Gasteiger partial charge in [0.05, 0.1) is 18.4 Å². The molecule has 1 aliphatic rings. The Morgan fingerprint density at radius 2 is 1.93 bits per heavy atom. The predicted octanol–water partition coefficient (Wildman–Crippen LogP) is 3.44. The summed E-state index contributed by atoms with van der Waals surface area (Å²) in [5.74, 6) is -0.564. The van der Waals surface area contributed by atoms with Crippen molar-refractivity contribution >= 4 is 17.4 Å². The largest absolute Gasteiger partial charge is 0.507 e. The number of hydrogen-bond donors (Lipinski definition) is 1. The first-order valence-corrected chi connectivity index (χ1v) is 10.3. The maximum Gasteiger partial charge on any atom is 0.295 e. The third-order valence-electron chi connectivity index (χ3n) is 5.32. The minimum Gasteiger partial charge on any atom is -0.507 e. The summed E-state index contributed by atoms with van der Waals surface area (Å²) in [4.78, 5) is 29.5. The van der Waals surface area contributed by atoms with Crippen molar-refractivity contribution in [2.45, 2.75) is 26.8 Å². The highest BCUT2D eigenvalue weighted by molar-refractivity contribution is 6.46. The van der Waals surface area contributed by atoms with Crippen LogP contribution < -0.4 is 4.74 Å². The summed E-state index contributed by atoms with van der Waals surface area (Å²) in [5, 5.41) is 11.0. The van der Waals surface area contributed by atoms with Crippen molar-refractivity contribution in [3.05, 3.63) is 59.6 Å². The van der Waals surface area contributed by atoms with Crippen molar-refractivity contribution in [1.82, 2.24) is 9.80 Å². The summed E-state index contributed by atoms with van der Waals surface area (Å²) >= 11 is 0. The third-order valence-corrected chi connectivity index (χ3v) is 5.32. The number of Topliss-reactive ketones (excluding diaryl/α,β-unsaturated/α-hetero) is 1. The fraction of sp³-hybridized carbons (Fsp3) is 0.391. The lowest BCUT2D eigenvalue weighted by Gasteiger charge is -2.26. The van der Waals surface area contributed by atoms with E-state index < -0.39 is 17.7 Å². The molecule has 1 aliphatic heterocycles. The summed E-state index contributed by atoms with van der Waals surface area (Å²) in [6, 6.07) is 9.49. The summed E-state index contributed by atoms with van der Waals surface area (Å²) in [7, 11) is 0. The van der Waals surface area contributed by atoms with Crippen LogP contribution in [-0.2, 0) is 9.59 Å². The number of benzene rings is 1. The van der Waals surface area contributed by atoms with E-state index in [4.69, 9.17) is 9.15 Å². The normalized spacial score (nSPS) is 18.4. The lowest BCUT2D eigenvalue weighted by atomic mass is 9.99. The van der Waals surface area contributed by atoms with Gasteiger partial charge in [0.15, 0.2) is 0 Å². The number of furan rings is 1. The van der Waals surface area contributed by atoms with E-state index in [1.54, 1.807) is 36.4 Å². The number of aliphatic hydroxyl groups is 1. The highest BCUT2D eigenvalue weighted by Crippen LogP contribution is 2.39. The number of carbonyl (C=O) groups is 2. The van der Waals surface area contributed by atoms with Gasteiger partial charge in [-0.1, -0.05) is 26.0 Å².